The fourth-order valence-corrected chi connectivity index (χ4v) is 1.68. The quantitative estimate of drug-likeness (QED) is 0.797. The molecule has 0 unspecified atom stereocenters. The lowest BCUT2D eigenvalue weighted by atomic mass is 10.1. The zero-order valence-corrected chi connectivity index (χ0v) is 10.7. The molecule has 0 spiro atoms. The second kappa shape index (κ2) is 6.13. The topological polar surface area (TPSA) is 55.6 Å². The number of hydrogen-bond donors (Lipinski definition) is 1. The van der Waals surface area contributed by atoms with Crippen LogP contribution in [0.25, 0.3) is 0 Å². The average molecular weight is 236 g/mol. The molecule has 1 rings (SSSR count). The molecule has 2 N–H and O–H groups in total. The molecule has 0 bridgehead atoms. The normalized spacial score (nSPS) is 10.1. The molecule has 0 aliphatic heterocycles. The monoisotopic (exact) mass is 236 g/mol. The van der Waals surface area contributed by atoms with E-state index in [2.05, 4.69) is 0 Å². The summed E-state index contributed by atoms with van der Waals surface area (Å²) < 4.78 is 5.44. The highest BCUT2D eigenvalue weighted by molar-refractivity contribution is 6.01. The number of carbonyl (C=O) groups is 1. The lowest BCUT2D eigenvalue weighted by molar-refractivity contribution is 0.0792. The fourth-order valence-electron chi connectivity index (χ4n) is 1.68. The van der Waals surface area contributed by atoms with Gasteiger partial charge in [-0.15, -0.1) is 0 Å². The summed E-state index contributed by atoms with van der Waals surface area (Å²) in [6, 6.07) is 5.28. The van der Waals surface area contributed by atoms with Gasteiger partial charge in [0.05, 0.1) is 6.61 Å². The van der Waals surface area contributed by atoms with E-state index in [-0.39, 0.29) is 5.91 Å². The van der Waals surface area contributed by atoms with E-state index in [0.29, 0.717) is 30.2 Å². The first kappa shape index (κ1) is 13.4. The molecule has 0 heterocycles. The Morgan fingerprint density at radius 3 is 2.71 bits per heavy atom. The molecule has 0 saturated carbocycles. The Bertz CT molecular complexity index is 391. The van der Waals surface area contributed by atoms with Crippen molar-refractivity contribution in [2.24, 2.45) is 0 Å². The second-order valence-corrected chi connectivity index (χ2v) is 3.88. The van der Waals surface area contributed by atoms with Gasteiger partial charge in [-0.25, -0.2) is 0 Å². The lowest BCUT2D eigenvalue weighted by Crippen LogP contribution is -2.28. The first-order valence-corrected chi connectivity index (χ1v) is 5.88. The highest BCUT2D eigenvalue weighted by atomic mass is 16.5. The van der Waals surface area contributed by atoms with Gasteiger partial charge >= 0.3 is 0 Å². The van der Waals surface area contributed by atoms with Gasteiger partial charge in [0.1, 0.15) is 11.3 Å². The van der Waals surface area contributed by atoms with Crippen LogP contribution in [-0.2, 0) is 0 Å². The Morgan fingerprint density at radius 1 is 1.41 bits per heavy atom. The van der Waals surface area contributed by atoms with Crippen molar-refractivity contribution in [1.29, 1.82) is 0 Å². The third-order valence-corrected chi connectivity index (χ3v) is 2.48. The van der Waals surface area contributed by atoms with Crippen LogP contribution in [-0.4, -0.2) is 31.0 Å². The van der Waals surface area contributed by atoms with E-state index in [1.54, 1.807) is 30.1 Å². The van der Waals surface area contributed by atoms with Gasteiger partial charge < -0.3 is 15.4 Å². The van der Waals surface area contributed by atoms with Crippen LogP contribution >= 0.6 is 0 Å². The molecule has 1 aromatic rings. The van der Waals surface area contributed by atoms with Gasteiger partial charge in [0.2, 0.25) is 0 Å². The standard InChI is InChI=1S/C13H20N2O2/c1-4-9-15(3)13(16)12-10(14)7-6-8-11(12)17-5-2/h6-8H,4-5,9,14H2,1-3H3. The van der Waals surface area contributed by atoms with Crippen molar-refractivity contribution in [2.75, 3.05) is 25.9 Å². The minimum Gasteiger partial charge on any atom is -0.493 e. The van der Waals surface area contributed by atoms with Gasteiger partial charge in [0.15, 0.2) is 0 Å². The molecular weight excluding hydrogens is 216 g/mol. The highest BCUT2D eigenvalue weighted by Gasteiger charge is 2.19. The van der Waals surface area contributed by atoms with Gasteiger partial charge in [-0.05, 0) is 25.5 Å². The van der Waals surface area contributed by atoms with E-state index in [1.165, 1.54) is 0 Å². The van der Waals surface area contributed by atoms with Crippen LogP contribution in [0.2, 0.25) is 0 Å². The van der Waals surface area contributed by atoms with Crippen LogP contribution in [0.1, 0.15) is 30.6 Å². The molecule has 1 aromatic carbocycles. The molecule has 94 valence electrons. The van der Waals surface area contributed by atoms with E-state index in [1.807, 2.05) is 13.8 Å². The average Bonchev–Trinajstić information content (AvgIpc) is 2.29. The molecule has 1 amide bonds. The second-order valence-electron chi connectivity index (χ2n) is 3.88. The first-order chi connectivity index (χ1) is 8.11. The largest absolute Gasteiger partial charge is 0.493 e. The van der Waals surface area contributed by atoms with Crippen LogP contribution in [0, 0.1) is 0 Å². The lowest BCUT2D eigenvalue weighted by Gasteiger charge is -2.19. The van der Waals surface area contributed by atoms with Crippen LogP contribution in [0.5, 0.6) is 5.75 Å². The van der Waals surface area contributed by atoms with Gasteiger partial charge in [0, 0.05) is 19.3 Å². The molecule has 0 fully saturated rings. The van der Waals surface area contributed by atoms with Gasteiger partial charge in [-0.2, -0.15) is 0 Å². The van der Waals surface area contributed by atoms with Crippen molar-refractivity contribution in [1.82, 2.24) is 4.90 Å². The number of nitrogen functional groups attached to an aromatic ring is 1. The van der Waals surface area contributed by atoms with E-state index < -0.39 is 0 Å². The summed E-state index contributed by atoms with van der Waals surface area (Å²) in [5, 5.41) is 0. The molecule has 0 saturated heterocycles. The van der Waals surface area contributed by atoms with E-state index >= 15 is 0 Å². The predicted octanol–water partition coefficient (Wildman–Crippen LogP) is 2.15. The molecule has 0 radical (unpaired) electrons. The SMILES string of the molecule is CCCN(C)C(=O)c1c(N)cccc1OCC. The number of benzene rings is 1. The van der Waals surface area contributed by atoms with Crippen LogP contribution < -0.4 is 10.5 Å². The Balaban J connectivity index is 3.06. The number of carbonyl (C=O) groups excluding carboxylic acids is 1. The maximum Gasteiger partial charge on any atom is 0.259 e. The number of rotatable bonds is 5. The van der Waals surface area contributed by atoms with Crippen LogP contribution in [0.3, 0.4) is 0 Å². The minimum atomic E-state index is -0.0894. The molecule has 17 heavy (non-hydrogen) atoms. The van der Waals surface area contributed by atoms with Gasteiger partial charge in [0.25, 0.3) is 5.91 Å². The molecule has 0 aliphatic rings. The summed E-state index contributed by atoms with van der Waals surface area (Å²) in [4.78, 5) is 13.9. The summed E-state index contributed by atoms with van der Waals surface area (Å²) in [7, 11) is 1.77. The van der Waals surface area contributed by atoms with E-state index in [9.17, 15) is 4.79 Å². The third-order valence-electron chi connectivity index (χ3n) is 2.48. The summed E-state index contributed by atoms with van der Waals surface area (Å²) in [6.07, 6.45) is 0.916. The summed E-state index contributed by atoms with van der Waals surface area (Å²) >= 11 is 0. The Kier molecular flexibility index (Phi) is 4.82. The molecule has 0 aromatic heterocycles. The molecule has 4 heteroatoms. The van der Waals surface area contributed by atoms with Gasteiger partial charge in [-0.3, -0.25) is 4.79 Å². The summed E-state index contributed by atoms with van der Waals surface area (Å²) in [5.41, 5.74) is 6.78. The minimum absolute atomic E-state index is 0.0894. The van der Waals surface area contributed by atoms with Crippen molar-refractivity contribution in [3.63, 3.8) is 0 Å². The van der Waals surface area contributed by atoms with Crippen molar-refractivity contribution in [3.8, 4) is 5.75 Å². The van der Waals surface area contributed by atoms with Gasteiger partial charge in [-0.1, -0.05) is 13.0 Å². The fraction of sp³-hybridized carbons (Fsp3) is 0.462. The number of amides is 1. The van der Waals surface area contributed by atoms with Crippen LogP contribution in [0.15, 0.2) is 18.2 Å². The van der Waals surface area contributed by atoms with Crippen molar-refractivity contribution in [2.45, 2.75) is 20.3 Å². The van der Waals surface area contributed by atoms with E-state index in [0.717, 1.165) is 6.42 Å². The maximum atomic E-state index is 12.2. The summed E-state index contributed by atoms with van der Waals surface area (Å²) in [5.74, 6) is 0.467. The third kappa shape index (κ3) is 3.12. The first-order valence-electron chi connectivity index (χ1n) is 5.88. The number of anilines is 1. The Morgan fingerprint density at radius 2 is 2.12 bits per heavy atom. The van der Waals surface area contributed by atoms with Crippen molar-refractivity contribution in [3.05, 3.63) is 23.8 Å². The summed E-state index contributed by atoms with van der Waals surface area (Å²) in [6.45, 7) is 5.13. The number of ether oxygens (including phenoxy) is 1. The maximum absolute atomic E-state index is 12.2. The molecular formula is C13H20N2O2. The van der Waals surface area contributed by atoms with E-state index in [4.69, 9.17) is 10.5 Å². The number of hydrogen-bond acceptors (Lipinski definition) is 3. The number of nitrogens with two attached hydrogens (primary N) is 1. The predicted molar refractivity (Wildman–Crippen MR) is 69.3 cm³/mol. The zero-order chi connectivity index (χ0) is 12.8. The molecule has 0 atom stereocenters. The van der Waals surface area contributed by atoms with Crippen LogP contribution in [0.4, 0.5) is 5.69 Å². The molecule has 0 aliphatic carbocycles. The van der Waals surface area contributed by atoms with Crippen molar-refractivity contribution < 1.29 is 9.53 Å². The highest BCUT2D eigenvalue weighted by Crippen LogP contribution is 2.25. The zero-order valence-electron chi connectivity index (χ0n) is 10.7. The molecule has 4 nitrogen and oxygen atoms in total. The Labute approximate surface area is 102 Å². The van der Waals surface area contributed by atoms with Crippen molar-refractivity contribution >= 4 is 11.6 Å². The number of nitrogens with zero attached hydrogens (tertiary/aromatic N) is 1. The smallest absolute Gasteiger partial charge is 0.259 e. The Hall–Kier alpha value is -1.71.